The minimum atomic E-state index is -0.375. The van der Waals surface area contributed by atoms with Gasteiger partial charge >= 0.3 is 0 Å². The number of nitrogens with zero attached hydrogens (tertiary/aromatic N) is 1. The van der Waals surface area contributed by atoms with Crippen LogP contribution < -0.4 is 5.73 Å². The minimum absolute atomic E-state index is 0.113. The number of nitro groups is 1. The molecule has 2 N–H and O–H groups in total. The van der Waals surface area contributed by atoms with Gasteiger partial charge in [-0.2, -0.15) is 0 Å². The van der Waals surface area contributed by atoms with Gasteiger partial charge in [-0.3, -0.25) is 10.1 Å². The fraction of sp³-hybridized carbons (Fsp3) is 0.200. The van der Waals surface area contributed by atoms with Gasteiger partial charge in [-0.15, -0.1) is 0 Å². The Bertz CT molecular complexity index is 612. The molecule has 0 aliphatic heterocycles. The lowest BCUT2D eigenvalue weighted by atomic mass is 10.1. The maximum absolute atomic E-state index is 10.8. The van der Waals surface area contributed by atoms with Gasteiger partial charge in [0.25, 0.3) is 5.69 Å². The highest BCUT2D eigenvalue weighted by Gasteiger charge is 2.11. The maximum Gasteiger partial charge on any atom is 0.269 e. The highest BCUT2D eigenvalue weighted by atomic mass is 32.2. The van der Waals surface area contributed by atoms with Gasteiger partial charge in [0.05, 0.1) is 4.92 Å². The van der Waals surface area contributed by atoms with Gasteiger partial charge in [-0.1, -0.05) is 29.5 Å². The van der Waals surface area contributed by atoms with E-state index in [0.29, 0.717) is 13.0 Å². The molecular weight excluding hydrogens is 272 g/mol. The molecule has 0 unspecified atom stereocenters. The Morgan fingerprint density at radius 3 is 2.50 bits per heavy atom. The first-order chi connectivity index (χ1) is 9.60. The number of nitro benzene ring substituents is 1. The molecule has 0 atom stereocenters. The predicted molar refractivity (Wildman–Crippen MR) is 81.2 cm³/mol. The standard InChI is InChI=1S/C15H16N2O2S/c1-11-2-5-14(6-3-11)20-15-7-4-13(17(18)19)10-12(15)8-9-16/h2-7,10H,8-9,16H2,1H3. The van der Waals surface area contributed by atoms with Gasteiger partial charge in [-0.05, 0) is 43.7 Å². The molecule has 0 saturated heterocycles. The normalized spacial score (nSPS) is 10.5. The Balaban J connectivity index is 2.30. The van der Waals surface area contributed by atoms with Crippen LogP contribution in [-0.2, 0) is 6.42 Å². The molecule has 20 heavy (non-hydrogen) atoms. The summed E-state index contributed by atoms with van der Waals surface area (Å²) in [6, 6.07) is 13.2. The second-order valence-electron chi connectivity index (χ2n) is 4.50. The lowest BCUT2D eigenvalue weighted by Crippen LogP contribution is -2.04. The van der Waals surface area contributed by atoms with E-state index in [1.54, 1.807) is 23.9 Å². The van der Waals surface area contributed by atoms with Crippen molar-refractivity contribution in [1.29, 1.82) is 0 Å². The smallest absolute Gasteiger partial charge is 0.269 e. The van der Waals surface area contributed by atoms with E-state index in [2.05, 4.69) is 12.1 Å². The predicted octanol–water partition coefficient (Wildman–Crippen LogP) is 3.56. The maximum atomic E-state index is 10.8. The van der Waals surface area contributed by atoms with Crippen LogP contribution in [0.15, 0.2) is 52.3 Å². The minimum Gasteiger partial charge on any atom is -0.330 e. The summed E-state index contributed by atoms with van der Waals surface area (Å²) in [6.45, 7) is 2.52. The Kier molecular flexibility index (Phi) is 4.76. The third-order valence-electron chi connectivity index (χ3n) is 2.92. The van der Waals surface area contributed by atoms with Crippen LogP contribution in [0.2, 0.25) is 0 Å². The zero-order valence-corrected chi connectivity index (χ0v) is 12.0. The molecule has 0 bridgehead atoms. The van der Waals surface area contributed by atoms with Crippen molar-refractivity contribution < 1.29 is 4.92 Å². The van der Waals surface area contributed by atoms with E-state index in [0.717, 1.165) is 15.4 Å². The molecule has 0 aliphatic rings. The lowest BCUT2D eigenvalue weighted by molar-refractivity contribution is -0.385. The van der Waals surface area contributed by atoms with Crippen LogP contribution in [0.5, 0.6) is 0 Å². The van der Waals surface area contributed by atoms with Crippen LogP contribution in [0.3, 0.4) is 0 Å². The summed E-state index contributed by atoms with van der Waals surface area (Å²) in [5.74, 6) is 0. The summed E-state index contributed by atoms with van der Waals surface area (Å²) in [5.41, 5.74) is 7.83. The summed E-state index contributed by atoms with van der Waals surface area (Å²) in [5, 5.41) is 10.8. The van der Waals surface area contributed by atoms with Gasteiger partial charge in [0.15, 0.2) is 0 Å². The van der Waals surface area contributed by atoms with Crippen molar-refractivity contribution in [3.8, 4) is 0 Å². The summed E-state index contributed by atoms with van der Waals surface area (Å²) >= 11 is 1.61. The van der Waals surface area contributed by atoms with Crippen LogP contribution >= 0.6 is 11.8 Å². The van der Waals surface area contributed by atoms with E-state index in [9.17, 15) is 10.1 Å². The number of hydrogen-bond acceptors (Lipinski definition) is 4. The SMILES string of the molecule is Cc1ccc(Sc2ccc([N+](=O)[O-])cc2CCN)cc1. The van der Waals surface area contributed by atoms with Crippen LogP contribution in [0, 0.1) is 17.0 Å². The van der Waals surface area contributed by atoms with Crippen LogP contribution in [0.25, 0.3) is 0 Å². The van der Waals surface area contributed by atoms with Gasteiger partial charge in [-0.25, -0.2) is 0 Å². The number of rotatable bonds is 5. The first kappa shape index (κ1) is 14.6. The number of nitrogens with two attached hydrogens (primary N) is 1. The highest BCUT2D eigenvalue weighted by Crippen LogP contribution is 2.32. The van der Waals surface area contributed by atoms with Crippen molar-refractivity contribution in [2.24, 2.45) is 5.73 Å². The van der Waals surface area contributed by atoms with Gasteiger partial charge in [0.2, 0.25) is 0 Å². The second kappa shape index (κ2) is 6.54. The number of non-ortho nitro benzene ring substituents is 1. The van der Waals surface area contributed by atoms with Crippen molar-refractivity contribution in [3.05, 3.63) is 63.7 Å². The third-order valence-corrected chi connectivity index (χ3v) is 4.04. The Morgan fingerprint density at radius 2 is 1.90 bits per heavy atom. The molecule has 2 rings (SSSR count). The Hall–Kier alpha value is -1.85. The third kappa shape index (κ3) is 3.59. The molecular formula is C15H16N2O2S. The van der Waals surface area contributed by atoms with Crippen molar-refractivity contribution in [2.45, 2.75) is 23.1 Å². The largest absolute Gasteiger partial charge is 0.330 e. The molecule has 5 heteroatoms. The molecule has 0 fully saturated rings. The average Bonchev–Trinajstić information content (AvgIpc) is 2.43. The highest BCUT2D eigenvalue weighted by molar-refractivity contribution is 7.99. The number of aryl methyl sites for hydroxylation is 1. The van der Waals surface area contributed by atoms with Crippen molar-refractivity contribution in [1.82, 2.24) is 0 Å². The van der Waals surface area contributed by atoms with Gasteiger partial charge < -0.3 is 5.73 Å². The van der Waals surface area contributed by atoms with E-state index in [1.807, 2.05) is 19.1 Å². The van der Waals surface area contributed by atoms with Crippen LogP contribution in [0.1, 0.15) is 11.1 Å². The molecule has 4 nitrogen and oxygen atoms in total. The van der Waals surface area contributed by atoms with E-state index >= 15 is 0 Å². The molecule has 2 aromatic carbocycles. The lowest BCUT2D eigenvalue weighted by Gasteiger charge is -2.08. The topological polar surface area (TPSA) is 69.2 Å². The van der Waals surface area contributed by atoms with E-state index in [4.69, 9.17) is 5.73 Å². The molecule has 0 heterocycles. The van der Waals surface area contributed by atoms with Gasteiger partial charge in [0.1, 0.15) is 0 Å². The van der Waals surface area contributed by atoms with E-state index < -0.39 is 0 Å². The number of hydrogen-bond donors (Lipinski definition) is 1. The molecule has 0 saturated carbocycles. The van der Waals surface area contributed by atoms with Crippen LogP contribution in [-0.4, -0.2) is 11.5 Å². The fourth-order valence-electron chi connectivity index (χ4n) is 1.86. The first-order valence-electron chi connectivity index (χ1n) is 6.32. The summed E-state index contributed by atoms with van der Waals surface area (Å²) in [6.07, 6.45) is 0.635. The molecule has 0 amide bonds. The quantitative estimate of drug-likeness (QED) is 0.674. The van der Waals surface area contributed by atoms with Crippen molar-refractivity contribution in [2.75, 3.05) is 6.54 Å². The first-order valence-corrected chi connectivity index (χ1v) is 7.13. The van der Waals surface area contributed by atoms with Crippen molar-refractivity contribution >= 4 is 17.4 Å². The summed E-state index contributed by atoms with van der Waals surface area (Å²) in [4.78, 5) is 12.6. The zero-order chi connectivity index (χ0) is 14.5. The number of benzene rings is 2. The van der Waals surface area contributed by atoms with Crippen LogP contribution in [0.4, 0.5) is 5.69 Å². The van der Waals surface area contributed by atoms with E-state index in [-0.39, 0.29) is 10.6 Å². The van der Waals surface area contributed by atoms with Crippen molar-refractivity contribution in [3.63, 3.8) is 0 Å². The van der Waals surface area contributed by atoms with E-state index in [1.165, 1.54) is 11.6 Å². The molecule has 0 spiro atoms. The Labute approximate surface area is 122 Å². The molecule has 0 aromatic heterocycles. The zero-order valence-electron chi connectivity index (χ0n) is 11.2. The molecule has 0 radical (unpaired) electrons. The Morgan fingerprint density at radius 1 is 1.20 bits per heavy atom. The average molecular weight is 288 g/mol. The second-order valence-corrected chi connectivity index (χ2v) is 5.62. The summed E-state index contributed by atoms with van der Waals surface area (Å²) < 4.78 is 0. The monoisotopic (exact) mass is 288 g/mol. The molecule has 104 valence electrons. The summed E-state index contributed by atoms with van der Waals surface area (Å²) in [7, 11) is 0. The fourth-order valence-corrected chi connectivity index (χ4v) is 2.82. The van der Waals surface area contributed by atoms with Gasteiger partial charge in [0, 0.05) is 21.9 Å². The molecule has 0 aliphatic carbocycles. The molecule has 2 aromatic rings.